The van der Waals surface area contributed by atoms with Gasteiger partial charge in [-0.25, -0.2) is 18.1 Å². The topological polar surface area (TPSA) is 123 Å². The first-order chi connectivity index (χ1) is 14.9. The number of benzene rings is 1. The highest BCUT2D eigenvalue weighted by Crippen LogP contribution is 2.55. The van der Waals surface area contributed by atoms with Crippen LogP contribution in [0.3, 0.4) is 0 Å². The zero-order chi connectivity index (χ0) is 23.1. The monoisotopic (exact) mass is 474 g/mol. The molecule has 0 radical (unpaired) electrons. The summed E-state index contributed by atoms with van der Waals surface area (Å²) in [5.41, 5.74) is 4.89. The number of halogens is 3. The normalized spacial score (nSPS) is 29.6. The van der Waals surface area contributed by atoms with Crippen molar-refractivity contribution < 1.29 is 31.1 Å². The number of alkyl halides is 3. The summed E-state index contributed by atoms with van der Waals surface area (Å²) in [5, 5.41) is 3.26. The van der Waals surface area contributed by atoms with Crippen molar-refractivity contribution in [2.75, 3.05) is 6.54 Å². The molecule has 0 saturated heterocycles. The van der Waals surface area contributed by atoms with Gasteiger partial charge in [0.15, 0.2) is 0 Å². The van der Waals surface area contributed by atoms with Crippen LogP contribution in [0.25, 0.3) is 0 Å². The largest absolute Gasteiger partial charge is 0.573 e. The summed E-state index contributed by atoms with van der Waals surface area (Å²) in [6, 6.07) is 3.82. The molecule has 1 amide bonds. The maximum atomic E-state index is 12.9. The highest BCUT2D eigenvalue weighted by Gasteiger charge is 2.51. The predicted molar refractivity (Wildman–Crippen MR) is 109 cm³/mol. The van der Waals surface area contributed by atoms with E-state index in [1.807, 2.05) is 0 Å². The average Bonchev–Trinajstić information content (AvgIpc) is 2.63. The van der Waals surface area contributed by atoms with Crippen molar-refractivity contribution in [2.45, 2.75) is 55.3 Å². The minimum absolute atomic E-state index is 0.0821. The molecule has 8 nitrogen and oxygen atoms in total. The Kier molecular flexibility index (Phi) is 5.76. The van der Waals surface area contributed by atoms with Crippen LogP contribution < -0.4 is 20.5 Å². The molecular weight excluding hydrogens is 449 g/mol. The van der Waals surface area contributed by atoms with E-state index >= 15 is 0 Å². The highest BCUT2D eigenvalue weighted by atomic mass is 32.2. The number of primary amides is 1. The Morgan fingerprint density at radius 2 is 1.62 bits per heavy atom. The predicted octanol–water partition coefficient (Wildman–Crippen LogP) is 2.26. The lowest BCUT2D eigenvalue weighted by Gasteiger charge is -2.57. The maximum Gasteiger partial charge on any atom is 0.573 e. The first-order valence-electron chi connectivity index (χ1n) is 10.4. The number of nitrogens with zero attached hydrogens (tertiary/aromatic N) is 1. The van der Waals surface area contributed by atoms with Gasteiger partial charge in [0.05, 0.1) is 4.90 Å². The molecule has 0 aromatic heterocycles. The zero-order valence-electron chi connectivity index (χ0n) is 17.2. The summed E-state index contributed by atoms with van der Waals surface area (Å²) >= 11 is 0. The molecule has 12 heteroatoms. The number of carbonyl (C=O) groups is 1. The third kappa shape index (κ3) is 5.28. The van der Waals surface area contributed by atoms with Crippen molar-refractivity contribution in [2.24, 2.45) is 28.5 Å². The fourth-order valence-electron chi connectivity index (χ4n) is 5.78. The number of rotatable bonds is 6. The molecule has 4 bridgehead atoms. The fourth-order valence-corrected chi connectivity index (χ4v) is 6.76. The van der Waals surface area contributed by atoms with E-state index in [0.717, 1.165) is 43.5 Å². The Bertz CT molecular complexity index is 973. The van der Waals surface area contributed by atoms with E-state index in [1.54, 1.807) is 0 Å². The molecule has 176 valence electrons. The Hall–Kier alpha value is -2.50. The lowest BCUT2D eigenvalue weighted by molar-refractivity contribution is -0.274. The number of hydrogen-bond acceptors (Lipinski definition) is 5. The van der Waals surface area contributed by atoms with Crippen molar-refractivity contribution in [3.05, 3.63) is 24.3 Å². The van der Waals surface area contributed by atoms with Crippen LogP contribution in [0.4, 0.5) is 13.2 Å². The molecule has 0 aliphatic heterocycles. The van der Waals surface area contributed by atoms with E-state index in [-0.39, 0.29) is 16.4 Å². The summed E-state index contributed by atoms with van der Waals surface area (Å²) in [6.07, 6.45) is 1.39. The molecule has 4 aliphatic rings. The SMILES string of the molecule is NC(=O)CN=C(NC12CC3CC(CC(C3)C1)C2)NS(=O)(=O)c1ccc(OC(F)(F)F)cc1. The smallest absolute Gasteiger partial charge is 0.406 e. The van der Waals surface area contributed by atoms with Gasteiger partial charge in [-0.3, -0.25) is 4.79 Å². The second kappa shape index (κ2) is 8.13. The van der Waals surface area contributed by atoms with Gasteiger partial charge in [-0.1, -0.05) is 0 Å². The Morgan fingerprint density at radius 1 is 1.09 bits per heavy atom. The molecule has 1 aromatic rings. The second-order valence-electron chi connectivity index (χ2n) is 9.08. The minimum atomic E-state index is -4.88. The van der Waals surface area contributed by atoms with Crippen LogP contribution in [-0.4, -0.2) is 38.7 Å². The lowest BCUT2D eigenvalue weighted by atomic mass is 9.53. The number of amides is 1. The average molecular weight is 475 g/mol. The van der Waals surface area contributed by atoms with E-state index < -0.39 is 34.6 Å². The van der Waals surface area contributed by atoms with Crippen molar-refractivity contribution >= 4 is 21.9 Å². The van der Waals surface area contributed by atoms with Gasteiger partial charge in [0, 0.05) is 5.54 Å². The van der Waals surface area contributed by atoms with Gasteiger partial charge in [0.1, 0.15) is 12.3 Å². The second-order valence-corrected chi connectivity index (χ2v) is 10.8. The van der Waals surface area contributed by atoms with Gasteiger partial charge >= 0.3 is 6.36 Å². The molecule has 4 aliphatic carbocycles. The standard InChI is InChI=1S/C20H25F3N4O4S/c21-20(22,23)31-15-1-3-16(4-2-15)32(29,30)27-18(25-11-17(24)28)26-19-8-12-5-13(9-19)7-14(6-12)10-19/h1-4,12-14H,5-11H2,(H2,24,28)(H2,25,26,27). The van der Waals surface area contributed by atoms with Crippen LogP contribution in [0.5, 0.6) is 5.75 Å². The van der Waals surface area contributed by atoms with E-state index in [9.17, 15) is 26.4 Å². The van der Waals surface area contributed by atoms with Gasteiger partial charge in [-0.2, -0.15) is 0 Å². The van der Waals surface area contributed by atoms with Crippen LogP contribution in [-0.2, 0) is 14.8 Å². The summed E-state index contributed by atoms with van der Waals surface area (Å²) in [6.45, 7) is -0.407. The molecule has 1 aromatic carbocycles. The molecular formula is C20H25F3N4O4S. The maximum absolute atomic E-state index is 12.9. The molecule has 0 unspecified atom stereocenters. The fraction of sp³-hybridized carbons (Fsp3) is 0.600. The van der Waals surface area contributed by atoms with E-state index in [4.69, 9.17) is 5.73 Å². The molecule has 32 heavy (non-hydrogen) atoms. The lowest BCUT2D eigenvalue weighted by Crippen LogP contribution is -2.62. The van der Waals surface area contributed by atoms with Crippen molar-refractivity contribution in [3.63, 3.8) is 0 Å². The van der Waals surface area contributed by atoms with Crippen LogP contribution in [0.2, 0.25) is 0 Å². The summed E-state index contributed by atoms with van der Waals surface area (Å²) in [4.78, 5) is 15.0. The van der Waals surface area contributed by atoms with Crippen molar-refractivity contribution in [1.29, 1.82) is 0 Å². The first-order valence-corrected chi connectivity index (χ1v) is 11.9. The number of ether oxygens (including phenoxy) is 1. The van der Waals surface area contributed by atoms with Gasteiger partial charge in [0.25, 0.3) is 10.0 Å². The van der Waals surface area contributed by atoms with Crippen LogP contribution >= 0.6 is 0 Å². The van der Waals surface area contributed by atoms with Crippen LogP contribution in [0, 0.1) is 17.8 Å². The Balaban J connectivity index is 1.52. The van der Waals surface area contributed by atoms with E-state index in [2.05, 4.69) is 19.8 Å². The van der Waals surface area contributed by atoms with Crippen molar-refractivity contribution in [3.8, 4) is 5.75 Å². The number of guanidine groups is 1. The summed E-state index contributed by atoms with van der Waals surface area (Å²) in [7, 11) is -4.18. The molecule has 0 atom stereocenters. The van der Waals surface area contributed by atoms with E-state index in [1.165, 1.54) is 19.3 Å². The minimum Gasteiger partial charge on any atom is -0.406 e. The van der Waals surface area contributed by atoms with Crippen molar-refractivity contribution in [1.82, 2.24) is 10.0 Å². The summed E-state index contributed by atoms with van der Waals surface area (Å²) < 4.78 is 68.9. The Labute approximate surface area is 183 Å². The highest BCUT2D eigenvalue weighted by molar-refractivity contribution is 7.90. The number of carbonyl (C=O) groups excluding carboxylic acids is 1. The number of aliphatic imine (C=N–C) groups is 1. The number of sulfonamides is 1. The molecule has 4 saturated carbocycles. The molecule has 5 rings (SSSR count). The third-order valence-electron chi connectivity index (χ3n) is 6.41. The number of hydrogen-bond donors (Lipinski definition) is 3. The molecule has 4 fully saturated rings. The zero-order valence-corrected chi connectivity index (χ0v) is 18.0. The summed E-state index contributed by atoms with van der Waals surface area (Å²) in [5.74, 6) is 0.423. The number of nitrogens with one attached hydrogen (secondary N) is 2. The van der Waals surface area contributed by atoms with Gasteiger partial charge < -0.3 is 15.8 Å². The molecule has 0 heterocycles. The van der Waals surface area contributed by atoms with Gasteiger partial charge in [-0.15, -0.1) is 13.2 Å². The van der Waals surface area contributed by atoms with E-state index in [0.29, 0.717) is 17.8 Å². The molecule has 4 N–H and O–H groups in total. The Morgan fingerprint density at radius 3 is 2.09 bits per heavy atom. The first kappa shape index (κ1) is 22.7. The molecule has 0 spiro atoms. The van der Waals surface area contributed by atoms with Gasteiger partial charge in [0.2, 0.25) is 11.9 Å². The quantitative estimate of drug-likeness (QED) is 0.431. The number of nitrogens with two attached hydrogens (primary N) is 1. The third-order valence-corrected chi connectivity index (χ3v) is 7.77. The van der Waals surface area contributed by atoms with Gasteiger partial charge in [-0.05, 0) is 80.5 Å². The van der Waals surface area contributed by atoms with Crippen LogP contribution in [0.15, 0.2) is 34.2 Å². The van der Waals surface area contributed by atoms with Crippen LogP contribution in [0.1, 0.15) is 38.5 Å².